The maximum absolute atomic E-state index is 9.46. The van der Waals surface area contributed by atoms with E-state index >= 15 is 0 Å². The molecule has 0 bridgehead atoms. The number of nitrogen functional groups attached to an aromatic ring is 1. The van der Waals surface area contributed by atoms with Gasteiger partial charge in [0.1, 0.15) is 5.75 Å². The average Bonchev–Trinajstić information content (AvgIpc) is 2.57. The SMILES string of the molecule is Nc1ncc(-c2cccc(O)c2Br)[nH]1. The zero-order valence-corrected chi connectivity index (χ0v) is 8.75. The number of halogens is 1. The molecule has 4 N–H and O–H groups in total. The third-order valence-corrected chi connectivity index (χ3v) is 2.70. The van der Waals surface area contributed by atoms with Crippen molar-refractivity contribution in [2.75, 3.05) is 5.73 Å². The Morgan fingerprint density at radius 1 is 1.43 bits per heavy atom. The van der Waals surface area contributed by atoms with Gasteiger partial charge >= 0.3 is 0 Å². The Labute approximate surface area is 88.9 Å². The molecular formula is C9H8BrN3O. The minimum atomic E-state index is 0.190. The first kappa shape index (κ1) is 9.08. The molecule has 0 aliphatic rings. The van der Waals surface area contributed by atoms with Crippen LogP contribution in [0.25, 0.3) is 11.3 Å². The highest BCUT2D eigenvalue weighted by Crippen LogP contribution is 2.33. The number of hydrogen-bond donors (Lipinski definition) is 3. The summed E-state index contributed by atoms with van der Waals surface area (Å²) in [5.41, 5.74) is 7.06. The van der Waals surface area contributed by atoms with Crippen LogP contribution in [-0.2, 0) is 0 Å². The summed E-state index contributed by atoms with van der Waals surface area (Å²) in [6.45, 7) is 0. The number of H-pyrrole nitrogens is 1. The Hall–Kier alpha value is -1.49. The Kier molecular flexibility index (Phi) is 2.17. The molecule has 1 heterocycles. The Morgan fingerprint density at radius 3 is 2.86 bits per heavy atom. The standard InChI is InChI=1S/C9H8BrN3O/c10-8-5(2-1-3-7(8)14)6-4-12-9(11)13-6/h1-4,14H,(H3,11,12,13). The first-order valence-corrected chi connectivity index (χ1v) is 4.76. The zero-order chi connectivity index (χ0) is 10.1. The first-order valence-electron chi connectivity index (χ1n) is 3.97. The molecule has 0 aliphatic carbocycles. The van der Waals surface area contributed by atoms with Crippen molar-refractivity contribution in [2.45, 2.75) is 0 Å². The van der Waals surface area contributed by atoms with Crippen LogP contribution < -0.4 is 5.73 Å². The van der Waals surface area contributed by atoms with E-state index < -0.39 is 0 Å². The lowest BCUT2D eigenvalue weighted by Crippen LogP contribution is -1.86. The van der Waals surface area contributed by atoms with E-state index in [1.807, 2.05) is 6.07 Å². The summed E-state index contributed by atoms with van der Waals surface area (Å²) in [6, 6.07) is 5.22. The van der Waals surface area contributed by atoms with Crippen molar-refractivity contribution >= 4 is 21.9 Å². The number of phenolic OH excluding ortho intramolecular Hbond substituents is 1. The highest BCUT2D eigenvalue weighted by molar-refractivity contribution is 9.10. The number of aromatic hydroxyl groups is 1. The smallest absolute Gasteiger partial charge is 0.197 e. The summed E-state index contributed by atoms with van der Waals surface area (Å²) in [7, 11) is 0. The molecule has 14 heavy (non-hydrogen) atoms. The van der Waals surface area contributed by atoms with Gasteiger partial charge in [-0.15, -0.1) is 0 Å². The van der Waals surface area contributed by atoms with Crippen LogP contribution in [0.3, 0.4) is 0 Å². The van der Waals surface area contributed by atoms with E-state index in [-0.39, 0.29) is 5.75 Å². The van der Waals surface area contributed by atoms with Crippen LogP contribution in [0.2, 0.25) is 0 Å². The highest BCUT2D eigenvalue weighted by Gasteiger charge is 2.08. The number of aromatic nitrogens is 2. The number of aromatic amines is 1. The van der Waals surface area contributed by atoms with Gasteiger partial charge < -0.3 is 15.8 Å². The third-order valence-electron chi connectivity index (χ3n) is 1.86. The summed E-state index contributed by atoms with van der Waals surface area (Å²) in [5, 5.41) is 9.46. The summed E-state index contributed by atoms with van der Waals surface area (Å²) in [5.74, 6) is 0.547. The molecule has 0 aliphatic heterocycles. The Morgan fingerprint density at radius 2 is 2.21 bits per heavy atom. The van der Waals surface area contributed by atoms with E-state index in [4.69, 9.17) is 5.73 Å². The topological polar surface area (TPSA) is 74.9 Å². The molecule has 0 atom stereocenters. The van der Waals surface area contributed by atoms with Crippen molar-refractivity contribution in [2.24, 2.45) is 0 Å². The number of anilines is 1. The largest absolute Gasteiger partial charge is 0.507 e. The van der Waals surface area contributed by atoms with Gasteiger partial charge in [-0.2, -0.15) is 0 Å². The predicted molar refractivity (Wildman–Crippen MR) is 57.8 cm³/mol. The van der Waals surface area contributed by atoms with Crippen molar-refractivity contribution in [1.29, 1.82) is 0 Å². The van der Waals surface area contributed by atoms with Crippen LogP contribution in [0.5, 0.6) is 5.75 Å². The van der Waals surface area contributed by atoms with Crippen LogP contribution in [0.15, 0.2) is 28.9 Å². The van der Waals surface area contributed by atoms with Gasteiger partial charge in [-0.1, -0.05) is 12.1 Å². The molecule has 72 valence electrons. The van der Waals surface area contributed by atoms with E-state index in [2.05, 4.69) is 25.9 Å². The fraction of sp³-hybridized carbons (Fsp3) is 0. The van der Waals surface area contributed by atoms with Gasteiger partial charge in [-0.25, -0.2) is 4.98 Å². The molecule has 1 aromatic heterocycles. The molecule has 0 fully saturated rings. The zero-order valence-electron chi connectivity index (χ0n) is 7.16. The number of nitrogens with zero attached hydrogens (tertiary/aromatic N) is 1. The molecule has 0 spiro atoms. The molecule has 2 aromatic rings. The Balaban J connectivity index is 2.57. The van der Waals surface area contributed by atoms with Gasteiger partial charge in [0, 0.05) is 5.56 Å². The number of rotatable bonds is 1. The highest BCUT2D eigenvalue weighted by atomic mass is 79.9. The maximum atomic E-state index is 9.46. The van der Waals surface area contributed by atoms with Crippen LogP contribution >= 0.6 is 15.9 Å². The number of phenols is 1. The van der Waals surface area contributed by atoms with Crippen molar-refractivity contribution in [1.82, 2.24) is 9.97 Å². The van der Waals surface area contributed by atoms with Crippen LogP contribution in [0.1, 0.15) is 0 Å². The second-order valence-corrected chi connectivity index (χ2v) is 3.61. The van der Waals surface area contributed by atoms with Crippen LogP contribution in [0, 0.1) is 0 Å². The fourth-order valence-electron chi connectivity index (χ4n) is 1.20. The average molecular weight is 254 g/mol. The van der Waals surface area contributed by atoms with E-state index in [9.17, 15) is 5.11 Å². The molecule has 5 heteroatoms. The lowest BCUT2D eigenvalue weighted by molar-refractivity contribution is 0.472. The predicted octanol–water partition coefficient (Wildman–Crippen LogP) is 2.13. The molecule has 2 rings (SSSR count). The van der Waals surface area contributed by atoms with Gasteiger partial charge in [0.05, 0.1) is 16.4 Å². The maximum Gasteiger partial charge on any atom is 0.197 e. The van der Waals surface area contributed by atoms with Crippen LogP contribution in [-0.4, -0.2) is 15.1 Å². The fourth-order valence-corrected chi connectivity index (χ4v) is 1.68. The van der Waals surface area contributed by atoms with Gasteiger partial charge in [-0.3, -0.25) is 0 Å². The lowest BCUT2D eigenvalue weighted by Gasteiger charge is -2.02. The van der Waals surface area contributed by atoms with Gasteiger partial charge in [0.25, 0.3) is 0 Å². The monoisotopic (exact) mass is 253 g/mol. The minimum Gasteiger partial charge on any atom is -0.507 e. The van der Waals surface area contributed by atoms with Crippen LogP contribution in [0.4, 0.5) is 5.95 Å². The first-order chi connectivity index (χ1) is 6.68. The second-order valence-electron chi connectivity index (χ2n) is 2.82. The van der Waals surface area contributed by atoms with E-state index in [0.717, 1.165) is 11.3 Å². The molecule has 0 unspecified atom stereocenters. The summed E-state index contributed by atoms with van der Waals surface area (Å²) < 4.78 is 0.628. The Bertz CT molecular complexity index is 467. The normalized spacial score (nSPS) is 10.4. The molecule has 0 saturated heterocycles. The number of benzene rings is 1. The van der Waals surface area contributed by atoms with Gasteiger partial charge in [0.2, 0.25) is 0 Å². The van der Waals surface area contributed by atoms with Gasteiger partial charge in [0.15, 0.2) is 5.95 Å². The minimum absolute atomic E-state index is 0.190. The molecule has 0 amide bonds. The number of hydrogen-bond acceptors (Lipinski definition) is 3. The second kappa shape index (κ2) is 3.34. The lowest BCUT2D eigenvalue weighted by atomic mass is 10.1. The molecule has 4 nitrogen and oxygen atoms in total. The van der Waals surface area contributed by atoms with Crippen molar-refractivity contribution in [3.05, 3.63) is 28.9 Å². The van der Waals surface area contributed by atoms with Crippen molar-refractivity contribution in [3.63, 3.8) is 0 Å². The number of imidazole rings is 1. The van der Waals surface area contributed by atoms with E-state index in [1.54, 1.807) is 18.3 Å². The molecule has 0 saturated carbocycles. The summed E-state index contributed by atoms with van der Waals surface area (Å²) in [4.78, 5) is 6.77. The molecule has 0 radical (unpaired) electrons. The number of nitrogens with two attached hydrogens (primary N) is 1. The third kappa shape index (κ3) is 1.46. The molecular weight excluding hydrogens is 246 g/mol. The van der Waals surface area contributed by atoms with Gasteiger partial charge in [-0.05, 0) is 22.0 Å². The molecule has 1 aromatic carbocycles. The quantitative estimate of drug-likeness (QED) is 0.729. The van der Waals surface area contributed by atoms with E-state index in [1.165, 1.54) is 0 Å². The van der Waals surface area contributed by atoms with Crippen molar-refractivity contribution in [3.8, 4) is 17.0 Å². The summed E-state index contributed by atoms with van der Waals surface area (Å²) in [6.07, 6.45) is 1.62. The van der Waals surface area contributed by atoms with E-state index in [0.29, 0.717) is 10.4 Å². The van der Waals surface area contributed by atoms with Crippen molar-refractivity contribution < 1.29 is 5.11 Å². The summed E-state index contributed by atoms with van der Waals surface area (Å²) >= 11 is 3.29. The number of nitrogens with one attached hydrogen (secondary N) is 1.